The summed E-state index contributed by atoms with van der Waals surface area (Å²) in [5.74, 6) is 0.593. The lowest BCUT2D eigenvalue weighted by molar-refractivity contribution is 0.102. The molecule has 3 N–H and O–H groups in total. The smallest absolute Gasteiger partial charge is 0.274 e. The highest BCUT2D eigenvalue weighted by molar-refractivity contribution is 6.06. The highest BCUT2D eigenvalue weighted by Crippen LogP contribution is 2.33. The molecule has 2 aliphatic rings. The number of hydrogen-bond acceptors (Lipinski definition) is 6. The van der Waals surface area contributed by atoms with E-state index in [2.05, 4.69) is 31.3 Å². The van der Waals surface area contributed by atoms with Gasteiger partial charge in [0, 0.05) is 50.9 Å². The van der Waals surface area contributed by atoms with E-state index in [1.165, 1.54) is 19.3 Å². The van der Waals surface area contributed by atoms with Gasteiger partial charge < -0.3 is 20.9 Å². The fourth-order valence-electron chi connectivity index (χ4n) is 4.59. The van der Waals surface area contributed by atoms with Gasteiger partial charge in [0.1, 0.15) is 11.5 Å². The highest BCUT2D eigenvalue weighted by atomic mass is 16.1. The molecule has 0 spiro atoms. The maximum Gasteiger partial charge on any atom is 0.274 e. The van der Waals surface area contributed by atoms with Gasteiger partial charge in [-0.1, -0.05) is 6.07 Å². The van der Waals surface area contributed by atoms with Gasteiger partial charge in [0.2, 0.25) is 0 Å². The van der Waals surface area contributed by atoms with Gasteiger partial charge in [-0.25, -0.2) is 4.98 Å². The quantitative estimate of drug-likeness (QED) is 0.676. The van der Waals surface area contributed by atoms with Crippen LogP contribution < -0.4 is 20.9 Å². The van der Waals surface area contributed by atoms with Crippen LogP contribution in [-0.2, 0) is 7.05 Å². The number of benzene rings is 1. The fourth-order valence-corrected chi connectivity index (χ4v) is 4.59. The minimum atomic E-state index is -0.209. The first-order chi connectivity index (χ1) is 15.1. The topological polar surface area (TPSA) is 92.3 Å². The number of pyridine rings is 1. The Bertz CT molecular complexity index is 1100. The summed E-state index contributed by atoms with van der Waals surface area (Å²) in [5.41, 5.74) is 9.15. The average molecular weight is 420 g/mol. The Morgan fingerprint density at radius 3 is 2.74 bits per heavy atom. The second-order valence-electron chi connectivity index (χ2n) is 8.61. The maximum absolute atomic E-state index is 13.2. The first-order valence-corrected chi connectivity index (χ1v) is 11.1. The summed E-state index contributed by atoms with van der Waals surface area (Å²) in [6.07, 6.45) is 6.55. The van der Waals surface area contributed by atoms with Gasteiger partial charge in [0.15, 0.2) is 0 Å². The Hall–Kier alpha value is -3.13. The Balaban J connectivity index is 1.44. The van der Waals surface area contributed by atoms with Gasteiger partial charge in [-0.3, -0.25) is 9.48 Å². The summed E-state index contributed by atoms with van der Waals surface area (Å²) >= 11 is 0. The molecule has 0 radical (unpaired) electrons. The average Bonchev–Trinajstić information content (AvgIpc) is 3.38. The number of nitrogens with zero attached hydrogens (tertiary/aromatic N) is 5. The van der Waals surface area contributed by atoms with E-state index in [0.717, 1.165) is 60.7 Å². The number of fused-ring (bicyclic) bond motifs is 1. The second kappa shape index (κ2) is 8.19. The summed E-state index contributed by atoms with van der Waals surface area (Å²) in [7, 11) is 1.92. The number of rotatable bonds is 4. The second-order valence-corrected chi connectivity index (χ2v) is 8.61. The number of nitrogens with two attached hydrogens (primary N) is 1. The minimum absolute atomic E-state index is 0.163. The largest absolute Gasteiger partial charge is 0.370 e. The van der Waals surface area contributed by atoms with Crippen LogP contribution in [0.4, 0.5) is 17.2 Å². The number of aromatic nitrogens is 3. The SMILES string of the molecule is Cn1cc2cc(N3CCCCC3)c(NC(=O)c3cccc(N4CC[C@H](N)C4)n3)cc2n1. The van der Waals surface area contributed by atoms with Crippen molar-refractivity contribution in [2.24, 2.45) is 12.8 Å². The van der Waals surface area contributed by atoms with E-state index in [-0.39, 0.29) is 11.9 Å². The van der Waals surface area contributed by atoms with Crippen molar-refractivity contribution in [1.29, 1.82) is 0 Å². The van der Waals surface area contributed by atoms with Crippen LogP contribution in [-0.4, -0.2) is 52.9 Å². The zero-order chi connectivity index (χ0) is 21.4. The van der Waals surface area contributed by atoms with Gasteiger partial charge in [-0.05, 0) is 49.9 Å². The molecule has 1 atom stereocenters. The lowest BCUT2D eigenvalue weighted by Gasteiger charge is -2.30. The van der Waals surface area contributed by atoms with Crippen LogP contribution in [0, 0.1) is 0 Å². The van der Waals surface area contributed by atoms with Crippen LogP contribution in [0.5, 0.6) is 0 Å². The zero-order valence-corrected chi connectivity index (χ0v) is 17.9. The van der Waals surface area contributed by atoms with Crippen LogP contribution in [0.2, 0.25) is 0 Å². The summed E-state index contributed by atoms with van der Waals surface area (Å²) in [6, 6.07) is 9.85. The fraction of sp³-hybridized carbons (Fsp3) is 0.435. The molecule has 3 aromatic rings. The number of anilines is 3. The van der Waals surface area contributed by atoms with Crippen LogP contribution in [0.3, 0.4) is 0 Å². The van der Waals surface area contributed by atoms with Crippen molar-refractivity contribution in [3.8, 4) is 0 Å². The molecule has 2 saturated heterocycles. The van der Waals surface area contributed by atoms with E-state index >= 15 is 0 Å². The van der Waals surface area contributed by atoms with Crippen molar-refractivity contribution in [2.75, 3.05) is 41.3 Å². The normalized spacial score (nSPS) is 19.2. The number of piperidine rings is 1. The van der Waals surface area contributed by atoms with Crippen molar-refractivity contribution in [2.45, 2.75) is 31.7 Å². The molecule has 1 aromatic carbocycles. The van der Waals surface area contributed by atoms with Crippen molar-refractivity contribution >= 4 is 34.0 Å². The monoisotopic (exact) mass is 419 g/mol. The molecule has 31 heavy (non-hydrogen) atoms. The molecule has 8 heteroatoms. The lowest BCUT2D eigenvalue weighted by atomic mass is 10.1. The molecule has 8 nitrogen and oxygen atoms in total. The lowest BCUT2D eigenvalue weighted by Crippen LogP contribution is -2.30. The van der Waals surface area contributed by atoms with E-state index in [1.807, 2.05) is 36.1 Å². The third kappa shape index (κ3) is 4.07. The van der Waals surface area contributed by atoms with E-state index in [4.69, 9.17) is 5.73 Å². The third-order valence-electron chi connectivity index (χ3n) is 6.20. The molecule has 0 bridgehead atoms. The number of aryl methyl sites for hydroxylation is 1. The van der Waals surface area contributed by atoms with E-state index < -0.39 is 0 Å². The van der Waals surface area contributed by atoms with Crippen molar-refractivity contribution < 1.29 is 4.79 Å². The van der Waals surface area contributed by atoms with Gasteiger partial charge in [-0.2, -0.15) is 5.10 Å². The molecular weight excluding hydrogens is 390 g/mol. The molecular formula is C23H29N7O. The van der Waals surface area contributed by atoms with Crippen LogP contribution in [0.25, 0.3) is 10.9 Å². The zero-order valence-electron chi connectivity index (χ0n) is 17.9. The molecule has 0 aliphatic carbocycles. The summed E-state index contributed by atoms with van der Waals surface area (Å²) < 4.78 is 1.81. The molecule has 5 rings (SSSR count). The Morgan fingerprint density at radius 1 is 1.13 bits per heavy atom. The van der Waals surface area contributed by atoms with Gasteiger partial charge in [-0.15, -0.1) is 0 Å². The summed E-state index contributed by atoms with van der Waals surface area (Å²) in [4.78, 5) is 22.3. The first kappa shape index (κ1) is 19.8. The number of carbonyl (C=O) groups is 1. The Morgan fingerprint density at radius 2 is 1.97 bits per heavy atom. The standard InChI is InChI=1S/C23H29N7O/c1-28-14-16-12-21(29-9-3-2-4-10-29)20(13-19(16)27-28)26-23(31)18-6-5-7-22(25-18)30-11-8-17(24)15-30/h5-7,12-14,17H,2-4,8-11,15,24H2,1H3,(H,26,31)/t17-/m0/s1. The van der Waals surface area contributed by atoms with E-state index in [1.54, 1.807) is 6.07 Å². The van der Waals surface area contributed by atoms with Crippen molar-refractivity contribution in [3.05, 3.63) is 42.2 Å². The van der Waals surface area contributed by atoms with E-state index in [9.17, 15) is 4.79 Å². The molecule has 162 valence electrons. The molecule has 2 aliphatic heterocycles. The predicted molar refractivity (Wildman–Crippen MR) is 124 cm³/mol. The summed E-state index contributed by atoms with van der Waals surface area (Å²) in [6.45, 7) is 3.64. The molecule has 0 unspecified atom stereocenters. The number of carbonyl (C=O) groups excluding carboxylic acids is 1. The van der Waals surface area contributed by atoms with Crippen LogP contribution >= 0.6 is 0 Å². The molecule has 1 amide bonds. The van der Waals surface area contributed by atoms with Crippen molar-refractivity contribution in [3.63, 3.8) is 0 Å². The van der Waals surface area contributed by atoms with E-state index in [0.29, 0.717) is 5.69 Å². The minimum Gasteiger partial charge on any atom is -0.370 e. The maximum atomic E-state index is 13.2. The summed E-state index contributed by atoms with van der Waals surface area (Å²) in [5, 5.41) is 8.72. The Labute approximate surface area is 182 Å². The first-order valence-electron chi connectivity index (χ1n) is 11.1. The number of amides is 1. The predicted octanol–water partition coefficient (Wildman–Crippen LogP) is 2.75. The Kier molecular flexibility index (Phi) is 5.23. The van der Waals surface area contributed by atoms with Gasteiger partial charge in [0.25, 0.3) is 5.91 Å². The number of hydrogen-bond donors (Lipinski definition) is 2. The molecule has 0 saturated carbocycles. The molecule has 2 aromatic heterocycles. The van der Waals surface area contributed by atoms with Crippen molar-refractivity contribution in [1.82, 2.24) is 14.8 Å². The molecule has 2 fully saturated rings. The number of nitrogens with one attached hydrogen (secondary N) is 1. The molecule has 4 heterocycles. The van der Waals surface area contributed by atoms with Gasteiger partial charge >= 0.3 is 0 Å². The van der Waals surface area contributed by atoms with Crippen LogP contribution in [0.1, 0.15) is 36.2 Å². The highest BCUT2D eigenvalue weighted by Gasteiger charge is 2.22. The van der Waals surface area contributed by atoms with Gasteiger partial charge in [0.05, 0.1) is 16.9 Å². The third-order valence-corrected chi connectivity index (χ3v) is 6.20. The van der Waals surface area contributed by atoms with Crippen LogP contribution in [0.15, 0.2) is 36.5 Å².